The van der Waals surface area contributed by atoms with E-state index in [1.807, 2.05) is 0 Å². The number of nitrogens with zero attached hydrogens (tertiary/aromatic N) is 1. The number of benzene rings is 2. The lowest BCUT2D eigenvalue weighted by atomic mass is 10.1. The summed E-state index contributed by atoms with van der Waals surface area (Å²) in [7, 11) is 1.55. The van der Waals surface area contributed by atoms with E-state index < -0.39 is 4.92 Å². The van der Waals surface area contributed by atoms with Crippen LogP contribution in [0.25, 0.3) is 6.08 Å². The molecular weight excluding hydrogens is 306 g/mol. The number of halogens is 1. The van der Waals surface area contributed by atoms with E-state index in [0.29, 0.717) is 16.9 Å². The third-order valence-electron chi connectivity index (χ3n) is 2.97. The van der Waals surface area contributed by atoms with Crippen molar-refractivity contribution in [3.05, 3.63) is 74.8 Å². The van der Waals surface area contributed by atoms with Gasteiger partial charge in [0.2, 0.25) is 0 Å². The number of allylic oxidation sites excluding steroid dienone is 1. The van der Waals surface area contributed by atoms with E-state index in [2.05, 4.69) is 0 Å². The van der Waals surface area contributed by atoms with Gasteiger partial charge in [0.15, 0.2) is 5.78 Å². The lowest BCUT2D eigenvalue weighted by Crippen LogP contribution is -1.94. The summed E-state index contributed by atoms with van der Waals surface area (Å²) in [5.74, 6) is 0.453. The largest absolute Gasteiger partial charge is 0.497 e. The fourth-order valence-corrected chi connectivity index (χ4v) is 1.98. The number of rotatable bonds is 5. The SMILES string of the molecule is COc1ccc(C(=O)C=Cc2ccc(Cl)c([N+](=O)[O-])c2)cc1. The zero-order valence-corrected chi connectivity index (χ0v) is 12.4. The molecule has 0 saturated heterocycles. The molecule has 0 saturated carbocycles. The van der Waals surface area contributed by atoms with E-state index in [1.54, 1.807) is 37.4 Å². The van der Waals surface area contributed by atoms with Crippen molar-refractivity contribution in [2.24, 2.45) is 0 Å². The molecule has 0 unspecified atom stereocenters. The number of carbonyl (C=O) groups is 1. The van der Waals surface area contributed by atoms with Crippen LogP contribution in [0.5, 0.6) is 5.75 Å². The molecular formula is C16H12ClNO4. The number of ketones is 1. The molecule has 0 N–H and O–H groups in total. The second kappa shape index (κ2) is 6.87. The number of hydrogen-bond acceptors (Lipinski definition) is 4. The summed E-state index contributed by atoms with van der Waals surface area (Å²) in [6.07, 6.45) is 2.87. The summed E-state index contributed by atoms with van der Waals surface area (Å²) < 4.78 is 5.02. The summed E-state index contributed by atoms with van der Waals surface area (Å²) in [5.41, 5.74) is 0.833. The van der Waals surface area contributed by atoms with E-state index in [4.69, 9.17) is 16.3 Å². The molecule has 5 nitrogen and oxygen atoms in total. The number of ether oxygens (including phenoxy) is 1. The monoisotopic (exact) mass is 317 g/mol. The highest BCUT2D eigenvalue weighted by molar-refractivity contribution is 6.32. The van der Waals surface area contributed by atoms with Gasteiger partial charge >= 0.3 is 0 Å². The summed E-state index contributed by atoms with van der Waals surface area (Å²) in [6.45, 7) is 0. The van der Waals surface area contributed by atoms with Gasteiger partial charge in [0, 0.05) is 11.6 Å². The normalized spacial score (nSPS) is 10.6. The average Bonchev–Trinajstić information content (AvgIpc) is 2.53. The third kappa shape index (κ3) is 3.71. The average molecular weight is 318 g/mol. The molecule has 0 aliphatic rings. The van der Waals surface area contributed by atoms with Crippen molar-refractivity contribution in [3.8, 4) is 5.75 Å². The molecule has 0 atom stereocenters. The fourth-order valence-electron chi connectivity index (χ4n) is 1.80. The van der Waals surface area contributed by atoms with Gasteiger partial charge in [0.1, 0.15) is 10.8 Å². The number of carbonyl (C=O) groups excluding carboxylic acids is 1. The molecule has 0 aliphatic heterocycles. The summed E-state index contributed by atoms with van der Waals surface area (Å²) in [6, 6.07) is 11.0. The Morgan fingerprint density at radius 1 is 1.23 bits per heavy atom. The van der Waals surface area contributed by atoms with Gasteiger partial charge in [-0.15, -0.1) is 0 Å². The van der Waals surface area contributed by atoms with Gasteiger partial charge in [0.25, 0.3) is 5.69 Å². The highest BCUT2D eigenvalue weighted by Crippen LogP contribution is 2.25. The first-order valence-electron chi connectivity index (χ1n) is 6.31. The van der Waals surface area contributed by atoms with Crippen molar-refractivity contribution in [1.82, 2.24) is 0 Å². The highest BCUT2D eigenvalue weighted by atomic mass is 35.5. The molecule has 0 heterocycles. The van der Waals surface area contributed by atoms with Gasteiger partial charge in [-0.3, -0.25) is 14.9 Å². The number of methoxy groups -OCH3 is 1. The van der Waals surface area contributed by atoms with Crippen LogP contribution in [0.1, 0.15) is 15.9 Å². The van der Waals surface area contributed by atoms with Crippen molar-refractivity contribution >= 4 is 29.1 Å². The van der Waals surface area contributed by atoms with Gasteiger partial charge in [-0.05, 0) is 42.0 Å². The van der Waals surface area contributed by atoms with Gasteiger partial charge in [-0.25, -0.2) is 0 Å². The molecule has 0 amide bonds. The van der Waals surface area contributed by atoms with Crippen LogP contribution < -0.4 is 4.74 Å². The quantitative estimate of drug-likeness (QED) is 0.359. The maximum Gasteiger partial charge on any atom is 0.288 e. The Morgan fingerprint density at radius 2 is 1.91 bits per heavy atom. The molecule has 0 bridgehead atoms. The van der Waals surface area contributed by atoms with Gasteiger partial charge in [-0.1, -0.05) is 23.7 Å². The Bertz CT molecular complexity index is 738. The summed E-state index contributed by atoms with van der Waals surface area (Å²) in [5, 5.41) is 10.9. The van der Waals surface area contributed by atoms with Crippen molar-refractivity contribution in [3.63, 3.8) is 0 Å². The Morgan fingerprint density at radius 3 is 2.50 bits per heavy atom. The van der Waals surface area contributed by atoms with Crippen LogP contribution in [0.4, 0.5) is 5.69 Å². The number of hydrogen-bond donors (Lipinski definition) is 0. The van der Waals surface area contributed by atoms with E-state index in [9.17, 15) is 14.9 Å². The Balaban J connectivity index is 2.18. The molecule has 2 rings (SSSR count). The first-order valence-corrected chi connectivity index (χ1v) is 6.69. The van der Waals surface area contributed by atoms with Crippen molar-refractivity contribution in [2.75, 3.05) is 7.11 Å². The van der Waals surface area contributed by atoms with Crippen LogP contribution >= 0.6 is 11.6 Å². The Hall–Kier alpha value is -2.66. The summed E-state index contributed by atoms with van der Waals surface area (Å²) in [4.78, 5) is 22.3. The van der Waals surface area contributed by atoms with Crippen LogP contribution in [0, 0.1) is 10.1 Å². The molecule has 112 valence electrons. The lowest BCUT2D eigenvalue weighted by molar-refractivity contribution is -0.384. The minimum absolute atomic E-state index is 0.0589. The molecule has 0 spiro atoms. The van der Waals surface area contributed by atoms with Crippen molar-refractivity contribution in [1.29, 1.82) is 0 Å². The standard InChI is InChI=1S/C16H12ClNO4/c1-22-13-6-4-12(5-7-13)16(19)9-3-11-2-8-14(17)15(10-11)18(20)21/h2-10H,1H3. The van der Waals surface area contributed by atoms with Crippen molar-refractivity contribution < 1.29 is 14.5 Å². The zero-order valence-electron chi connectivity index (χ0n) is 11.7. The minimum Gasteiger partial charge on any atom is -0.497 e. The first kappa shape index (κ1) is 15.7. The number of nitro groups is 1. The predicted molar refractivity (Wildman–Crippen MR) is 84.5 cm³/mol. The molecule has 0 radical (unpaired) electrons. The maximum absolute atomic E-state index is 12.0. The van der Waals surface area contributed by atoms with Gasteiger partial charge < -0.3 is 4.74 Å². The van der Waals surface area contributed by atoms with Crippen LogP contribution in [0.3, 0.4) is 0 Å². The lowest BCUT2D eigenvalue weighted by Gasteiger charge is -2.00. The topological polar surface area (TPSA) is 69.4 Å². The second-order valence-electron chi connectivity index (χ2n) is 4.39. The van der Waals surface area contributed by atoms with Crippen LogP contribution in [-0.2, 0) is 0 Å². The molecule has 2 aromatic carbocycles. The maximum atomic E-state index is 12.0. The molecule has 0 aliphatic carbocycles. The van der Waals surface area contributed by atoms with Crippen molar-refractivity contribution in [2.45, 2.75) is 0 Å². The highest BCUT2D eigenvalue weighted by Gasteiger charge is 2.11. The summed E-state index contributed by atoms with van der Waals surface area (Å²) >= 11 is 5.73. The molecule has 2 aromatic rings. The Kier molecular flexibility index (Phi) is 4.91. The number of nitro benzene ring substituents is 1. The predicted octanol–water partition coefficient (Wildman–Crippen LogP) is 4.15. The third-order valence-corrected chi connectivity index (χ3v) is 3.29. The zero-order chi connectivity index (χ0) is 16.1. The Labute approximate surface area is 131 Å². The fraction of sp³-hybridized carbons (Fsp3) is 0.0625. The molecule has 0 fully saturated rings. The van der Waals surface area contributed by atoms with E-state index in [-0.39, 0.29) is 16.5 Å². The van der Waals surface area contributed by atoms with Gasteiger partial charge in [0.05, 0.1) is 12.0 Å². The van der Waals surface area contributed by atoms with Crippen LogP contribution in [-0.4, -0.2) is 17.8 Å². The van der Waals surface area contributed by atoms with Gasteiger partial charge in [-0.2, -0.15) is 0 Å². The van der Waals surface area contributed by atoms with E-state index in [0.717, 1.165) is 0 Å². The molecule has 0 aromatic heterocycles. The van der Waals surface area contributed by atoms with E-state index in [1.165, 1.54) is 24.3 Å². The smallest absolute Gasteiger partial charge is 0.288 e. The van der Waals surface area contributed by atoms with E-state index >= 15 is 0 Å². The molecule has 6 heteroatoms. The minimum atomic E-state index is -0.565. The van der Waals surface area contributed by atoms with Crippen LogP contribution in [0.2, 0.25) is 5.02 Å². The van der Waals surface area contributed by atoms with Crippen LogP contribution in [0.15, 0.2) is 48.5 Å². The molecule has 22 heavy (non-hydrogen) atoms. The first-order chi connectivity index (χ1) is 10.5. The second-order valence-corrected chi connectivity index (χ2v) is 4.80.